The van der Waals surface area contributed by atoms with Gasteiger partial charge in [0.1, 0.15) is 0 Å². The fourth-order valence-electron chi connectivity index (χ4n) is 3.52. The van der Waals surface area contributed by atoms with E-state index in [0.717, 1.165) is 6.21 Å². The number of carbonyl (C=O) groups excluding carboxylic acids is 2. The lowest BCUT2D eigenvalue weighted by molar-refractivity contribution is -0.143. The van der Waals surface area contributed by atoms with Crippen LogP contribution in [0, 0.1) is 17.2 Å². The van der Waals surface area contributed by atoms with Gasteiger partial charge in [-0.2, -0.15) is 4.31 Å². The predicted octanol–water partition coefficient (Wildman–Crippen LogP) is -0.452. The molecule has 2 N–H and O–H groups in total. The Morgan fingerprint density at radius 3 is 2.43 bits per heavy atom. The van der Waals surface area contributed by atoms with E-state index in [0.29, 0.717) is 26.3 Å². The third-order valence-corrected chi connectivity index (χ3v) is 6.87. The first-order chi connectivity index (χ1) is 13.4. The second kappa shape index (κ2) is 8.80. The van der Waals surface area contributed by atoms with Crippen LogP contribution < -0.4 is 5.32 Å². The van der Waals surface area contributed by atoms with E-state index in [2.05, 4.69) is 5.32 Å². The van der Waals surface area contributed by atoms with Crippen molar-refractivity contribution in [2.24, 2.45) is 11.8 Å². The molecule has 0 unspecified atom stereocenters. The molecule has 0 aromatic heterocycles. The number of rotatable bonds is 6. The van der Waals surface area contributed by atoms with Gasteiger partial charge in [-0.3, -0.25) is 9.59 Å². The van der Waals surface area contributed by atoms with Crippen molar-refractivity contribution in [3.8, 4) is 0 Å². The zero-order chi connectivity index (χ0) is 20.1. The van der Waals surface area contributed by atoms with Crippen LogP contribution in [0.5, 0.6) is 0 Å². The second-order valence-electron chi connectivity index (χ2n) is 6.73. The standard InChI is InChI=1S/C18H24N4O5S/c19-6-7-20-17(23)15-12-22(28(25,26)14-4-2-1-3-5-14)13-16(15)18(24)21-8-10-27-11-9-21/h1-6,15-16,19H,7-13H2,(H,20,23)/t15-,16-/m1/s1. The summed E-state index contributed by atoms with van der Waals surface area (Å²) in [5.41, 5.74) is 0. The molecule has 9 nitrogen and oxygen atoms in total. The summed E-state index contributed by atoms with van der Waals surface area (Å²) in [5.74, 6) is -2.21. The van der Waals surface area contributed by atoms with Crippen molar-refractivity contribution in [3.63, 3.8) is 0 Å². The third kappa shape index (κ3) is 4.23. The van der Waals surface area contributed by atoms with Crippen LogP contribution in [0.1, 0.15) is 0 Å². The largest absolute Gasteiger partial charge is 0.378 e. The Morgan fingerprint density at radius 1 is 1.14 bits per heavy atom. The molecule has 2 atom stereocenters. The first-order valence-corrected chi connectivity index (χ1v) is 10.6. The van der Waals surface area contributed by atoms with Crippen LogP contribution in [0.2, 0.25) is 0 Å². The quantitative estimate of drug-likeness (QED) is 0.618. The fourth-order valence-corrected chi connectivity index (χ4v) is 5.04. The van der Waals surface area contributed by atoms with E-state index < -0.39 is 27.8 Å². The maximum atomic E-state index is 13.0. The van der Waals surface area contributed by atoms with Crippen LogP contribution in [0.3, 0.4) is 0 Å². The number of ether oxygens (including phenoxy) is 1. The Balaban J connectivity index is 1.84. The van der Waals surface area contributed by atoms with Gasteiger partial charge in [0.15, 0.2) is 0 Å². The third-order valence-electron chi connectivity index (χ3n) is 5.02. The molecule has 0 radical (unpaired) electrons. The lowest BCUT2D eigenvalue weighted by atomic mass is 9.93. The van der Waals surface area contributed by atoms with Gasteiger partial charge < -0.3 is 20.4 Å². The maximum Gasteiger partial charge on any atom is 0.243 e. The number of hydrogen-bond donors (Lipinski definition) is 2. The molecular weight excluding hydrogens is 384 g/mol. The van der Waals surface area contributed by atoms with Crippen molar-refractivity contribution in [3.05, 3.63) is 30.3 Å². The monoisotopic (exact) mass is 408 g/mol. The van der Waals surface area contributed by atoms with E-state index in [1.807, 2.05) is 0 Å². The zero-order valence-electron chi connectivity index (χ0n) is 15.4. The molecule has 0 spiro atoms. The van der Waals surface area contributed by atoms with Crippen LogP contribution in [0.25, 0.3) is 0 Å². The average molecular weight is 408 g/mol. The van der Waals surface area contributed by atoms with Crippen LogP contribution in [0.4, 0.5) is 0 Å². The molecule has 2 fully saturated rings. The molecule has 10 heteroatoms. The van der Waals surface area contributed by atoms with Crippen molar-refractivity contribution in [1.29, 1.82) is 5.41 Å². The minimum absolute atomic E-state index is 0.0409. The van der Waals surface area contributed by atoms with Gasteiger partial charge in [0, 0.05) is 32.4 Å². The molecule has 2 heterocycles. The van der Waals surface area contributed by atoms with E-state index in [-0.39, 0.29) is 30.4 Å². The van der Waals surface area contributed by atoms with Gasteiger partial charge in [-0.1, -0.05) is 18.2 Å². The molecule has 28 heavy (non-hydrogen) atoms. The van der Waals surface area contributed by atoms with Gasteiger partial charge in [-0.25, -0.2) is 8.42 Å². The highest BCUT2D eigenvalue weighted by molar-refractivity contribution is 7.89. The Kier molecular flexibility index (Phi) is 6.42. The Morgan fingerprint density at radius 2 is 1.79 bits per heavy atom. The molecule has 2 saturated heterocycles. The summed E-state index contributed by atoms with van der Waals surface area (Å²) in [4.78, 5) is 27.4. The van der Waals surface area contributed by atoms with Crippen LogP contribution in [0.15, 0.2) is 35.2 Å². The molecule has 0 bridgehead atoms. The number of amides is 2. The molecule has 1 aromatic rings. The van der Waals surface area contributed by atoms with Crippen LogP contribution in [-0.4, -0.2) is 81.6 Å². The topological polar surface area (TPSA) is 120 Å². The number of nitrogens with zero attached hydrogens (tertiary/aromatic N) is 2. The number of carbonyl (C=O) groups is 2. The summed E-state index contributed by atoms with van der Waals surface area (Å²) in [6.07, 6.45) is 1.05. The number of nitrogens with one attached hydrogen (secondary N) is 2. The summed E-state index contributed by atoms with van der Waals surface area (Å²) < 4.78 is 32.4. The van der Waals surface area contributed by atoms with Crippen molar-refractivity contribution in [1.82, 2.24) is 14.5 Å². The maximum absolute atomic E-state index is 13.0. The normalized spacial score (nSPS) is 23.4. The van der Waals surface area contributed by atoms with Gasteiger partial charge in [0.2, 0.25) is 21.8 Å². The zero-order valence-corrected chi connectivity index (χ0v) is 16.2. The fraction of sp³-hybridized carbons (Fsp3) is 0.500. The molecule has 2 aliphatic rings. The predicted molar refractivity (Wildman–Crippen MR) is 101 cm³/mol. The highest BCUT2D eigenvalue weighted by Crippen LogP contribution is 2.30. The summed E-state index contributed by atoms with van der Waals surface area (Å²) in [7, 11) is -3.81. The highest BCUT2D eigenvalue weighted by atomic mass is 32.2. The number of benzene rings is 1. The van der Waals surface area contributed by atoms with Gasteiger partial charge in [0.05, 0.1) is 36.5 Å². The van der Waals surface area contributed by atoms with Gasteiger partial charge >= 0.3 is 0 Å². The summed E-state index contributed by atoms with van der Waals surface area (Å²) in [6, 6.07) is 7.98. The van der Waals surface area contributed by atoms with E-state index in [1.54, 1.807) is 23.1 Å². The lowest BCUT2D eigenvalue weighted by Crippen LogP contribution is -2.47. The highest BCUT2D eigenvalue weighted by Gasteiger charge is 2.47. The Bertz CT molecular complexity index is 824. The van der Waals surface area contributed by atoms with Gasteiger partial charge in [0.25, 0.3) is 0 Å². The molecule has 152 valence electrons. The Labute approximate surface area is 164 Å². The van der Waals surface area contributed by atoms with E-state index in [9.17, 15) is 18.0 Å². The number of sulfonamides is 1. The summed E-state index contributed by atoms with van der Waals surface area (Å²) in [6.45, 7) is 1.63. The first kappa shape index (κ1) is 20.4. The number of hydrogen-bond acceptors (Lipinski definition) is 6. The average Bonchev–Trinajstić information content (AvgIpc) is 3.19. The van der Waals surface area contributed by atoms with E-state index in [1.165, 1.54) is 16.4 Å². The first-order valence-electron chi connectivity index (χ1n) is 9.13. The van der Waals surface area contributed by atoms with E-state index >= 15 is 0 Å². The van der Waals surface area contributed by atoms with Crippen molar-refractivity contribution in [2.45, 2.75) is 4.90 Å². The second-order valence-corrected chi connectivity index (χ2v) is 8.67. The molecular formula is C18H24N4O5S. The van der Waals surface area contributed by atoms with Crippen LogP contribution in [-0.2, 0) is 24.3 Å². The van der Waals surface area contributed by atoms with Crippen molar-refractivity contribution in [2.75, 3.05) is 45.9 Å². The summed E-state index contributed by atoms with van der Waals surface area (Å²) >= 11 is 0. The minimum Gasteiger partial charge on any atom is -0.378 e. The SMILES string of the molecule is N=CCNC(=O)[C@@H]1CN(S(=O)(=O)c2ccccc2)C[C@H]1C(=O)N1CCOCC1. The summed E-state index contributed by atoms with van der Waals surface area (Å²) in [5, 5.41) is 9.65. The molecule has 3 rings (SSSR count). The Hall–Kier alpha value is -2.30. The van der Waals surface area contributed by atoms with Crippen LogP contribution >= 0.6 is 0 Å². The molecule has 0 saturated carbocycles. The van der Waals surface area contributed by atoms with E-state index in [4.69, 9.17) is 10.1 Å². The molecule has 2 amide bonds. The van der Waals surface area contributed by atoms with Gasteiger partial charge in [-0.15, -0.1) is 0 Å². The van der Waals surface area contributed by atoms with Crippen molar-refractivity contribution < 1.29 is 22.7 Å². The molecule has 1 aromatic carbocycles. The molecule has 2 aliphatic heterocycles. The smallest absolute Gasteiger partial charge is 0.243 e. The van der Waals surface area contributed by atoms with Crippen molar-refractivity contribution >= 4 is 28.1 Å². The molecule has 0 aliphatic carbocycles. The van der Waals surface area contributed by atoms with Gasteiger partial charge in [-0.05, 0) is 12.1 Å². The number of morpholine rings is 1. The minimum atomic E-state index is -3.81. The lowest BCUT2D eigenvalue weighted by Gasteiger charge is -2.30.